The molecule has 0 spiro atoms. The van der Waals surface area contributed by atoms with Crippen molar-refractivity contribution in [2.45, 2.75) is 11.6 Å². The monoisotopic (exact) mass is 430 g/mol. The second-order valence-electron chi connectivity index (χ2n) is 6.31. The van der Waals surface area contributed by atoms with Crippen molar-refractivity contribution in [3.63, 3.8) is 0 Å². The first kappa shape index (κ1) is 19.7. The Morgan fingerprint density at radius 3 is 1.36 bits per heavy atom. The van der Waals surface area contributed by atoms with Gasteiger partial charge in [0.25, 0.3) is 0 Å². The maximum Gasteiger partial charge on any atom is 0.237 e. The summed E-state index contributed by atoms with van der Waals surface area (Å²) in [6.07, 6.45) is 0. The van der Waals surface area contributed by atoms with Crippen LogP contribution in [0.1, 0.15) is 0 Å². The summed E-state index contributed by atoms with van der Waals surface area (Å²) in [5, 5.41) is 3.81. The van der Waals surface area contributed by atoms with Crippen LogP contribution in [0.2, 0.25) is 0 Å². The molecule has 10 heteroatoms. The molecule has 28 heavy (non-hydrogen) atoms. The first-order valence-corrected chi connectivity index (χ1v) is 10.3. The summed E-state index contributed by atoms with van der Waals surface area (Å²) in [6.45, 7) is 0.876. The van der Waals surface area contributed by atoms with Crippen LogP contribution in [0.3, 0.4) is 0 Å². The standard InChI is InChI=1S/C18H22O8S2/c1-19-17(20-2)7-23-11-5-27-15(13(11)25-9-17)16-14-12(6-28-16)24-8-18(21-3,22-4)10-26-14/h5-6H,7-10H2,1-4H3. The minimum Gasteiger partial charge on any atom is -0.483 e. The number of hydrogen-bond donors (Lipinski definition) is 0. The first-order chi connectivity index (χ1) is 13.6. The van der Waals surface area contributed by atoms with Crippen molar-refractivity contribution in [1.29, 1.82) is 0 Å². The second kappa shape index (κ2) is 7.69. The van der Waals surface area contributed by atoms with E-state index in [2.05, 4.69) is 0 Å². The fourth-order valence-corrected chi connectivity index (χ4v) is 4.93. The number of ether oxygens (including phenoxy) is 8. The molecule has 0 fully saturated rings. The van der Waals surface area contributed by atoms with Gasteiger partial charge in [0.2, 0.25) is 11.6 Å². The zero-order valence-corrected chi connectivity index (χ0v) is 17.7. The molecule has 2 aliphatic heterocycles. The first-order valence-electron chi connectivity index (χ1n) is 8.54. The molecular weight excluding hydrogens is 408 g/mol. The average molecular weight is 431 g/mol. The summed E-state index contributed by atoms with van der Waals surface area (Å²) < 4.78 is 45.7. The highest BCUT2D eigenvalue weighted by Crippen LogP contribution is 2.54. The van der Waals surface area contributed by atoms with E-state index in [4.69, 9.17) is 37.9 Å². The molecule has 154 valence electrons. The van der Waals surface area contributed by atoms with E-state index in [9.17, 15) is 0 Å². The predicted molar refractivity (Wildman–Crippen MR) is 103 cm³/mol. The summed E-state index contributed by atoms with van der Waals surface area (Å²) in [4.78, 5) is 1.80. The van der Waals surface area contributed by atoms with Crippen molar-refractivity contribution in [3.05, 3.63) is 10.8 Å². The molecule has 0 bridgehead atoms. The summed E-state index contributed by atoms with van der Waals surface area (Å²) >= 11 is 3.04. The third-order valence-corrected chi connectivity index (χ3v) is 6.93. The number of fused-ring (bicyclic) bond motifs is 2. The molecular formula is C18H22O8S2. The van der Waals surface area contributed by atoms with Gasteiger partial charge in [-0.05, 0) is 0 Å². The highest BCUT2D eigenvalue weighted by atomic mass is 32.1. The quantitative estimate of drug-likeness (QED) is 0.671. The summed E-state index contributed by atoms with van der Waals surface area (Å²) in [5.41, 5.74) is 0. The minimum absolute atomic E-state index is 0.206. The molecule has 0 amide bonds. The van der Waals surface area contributed by atoms with Crippen LogP contribution in [0.5, 0.6) is 23.0 Å². The largest absolute Gasteiger partial charge is 0.483 e. The molecule has 0 aromatic carbocycles. The normalized spacial score (nSPS) is 19.7. The van der Waals surface area contributed by atoms with Crippen molar-refractivity contribution >= 4 is 22.7 Å². The number of rotatable bonds is 5. The average Bonchev–Trinajstić information content (AvgIpc) is 3.21. The molecule has 0 N–H and O–H groups in total. The van der Waals surface area contributed by atoms with Gasteiger partial charge in [0.15, 0.2) is 23.0 Å². The lowest BCUT2D eigenvalue weighted by Gasteiger charge is -2.27. The Hall–Kier alpha value is -1.56. The Kier molecular flexibility index (Phi) is 5.43. The van der Waals surface area contributed by atoms with Crippen molar-refractivity contribution in [3.8, 4) is 32.8 Å². The summed E-state index contributed by atoms with van der Waals surface area (Å²) in [7, 11) is 6.27. The van der Waals surface area contributed by atoms with Crippen molar-refractivity contribution in [2.75, 3.05) is 54.9 Å². The highest BCUT2D eigenvalue weighted by molar-refractivity contribution is 7.21. The van der Waals surface area contributed by atoms with Crippen molar-refractivity contribution in [1.82, 2.24) is 0 Å². The molecule has 0 saturated heterocycles. The van der Waals surface area contributed by atoms with E-state index >= 15 is 0 Å². The third kappa shape index (κ3) is 3.23. The molecule has 0 aliphatic carbocycles. The summed E-state index contributed by atoms with van der Waals surface area (Å²) in [5.74, 6) is 0.686. The van der Waals surface area contributed by atoms with Crippen molar-refractivity contribution < 1.29 is 37.9 Å². The van der Waals surface area contributed by atoms with E-state index in [1.807, 2.05) is 10.8 Å². The zero-order valence-electron chi connectivity index (χ0n) is 16.1. The van der Waals surface area contributed by atoms with Crippen LogP contribution >= 0.6 is 22.7 Å². The Bertz CT molecular complexity index is 753. The van der Waals surface area contributed by atoms with Crippen LogP contribution in [0.25, 0.3) is 9.75 Å². The van der Waals surface area contributed by atoms with Gasteiger partial charge in [-0.15, -0.1) is 22.7 Å². The van der Waals surface area contributed by atoms with E-state index in [1.165, 1.54) is 22.7 Å². The van der Waals surface area contributed by atoms with Gasteiger partial charge in [-0.25, -0.2) is 0 Å². The predicted octanol–water partition coefficient (Wildman–Crippen LogP) is 3.00. The molecule has 0 unspecified atom stereocenters. The lowest BCUT2D eigenvalue weighted by atomic mass is 10.3. The lowest BCUT2D eigenvalue weighted by Crippen LogP contribution is -2.44. The fourth-order valence-electron chi connectivity index (χ4n) is 2.91. The van der Waals surface area contributed by atoms with Gasteiger partial charge in [-0.2, -0.15) is 0 Å². The molecule has 2 aromatic heterocycles. The minimum atomic E-state index is -0.948. The molecule has 2 aliphatic rings. The Labute approximate surface area is 170 Å². The lowest BCUT2D eigenvalue weighted by molar-refractivity contribution is -0.232. The fraction of sp³-hybridized carbons (Fsp3) is 0.556. The van der Waals surface area contributed by atoms with Crippen molar-refractivity contribution in [2.24, 2.45) is 0 Å². The van der Waals surface area contributed by atoms with Gasteiger partial charge in [0.1, 0.15) is 26.4 Å². The highest BCUT2D eigenvalue weighted by Gasteiger charge is 2.39. The van der Waals surface area contributed by atoms with Gasteiger partial charge < -0.3 is 37.9 Å². The van der Waals surface area contributed by atoms with Gasteiger partial charge in [0, 0.05) is 39.2 Å². The van der Waals surface area contributed by atoms with Gasteiger partial charge >= 0.3 is 0 Å². The van der Waals surface area contributed by atoms with Gasteiger partial charge in [0.05, 0.1) is 9.75 Å². The Balaban J connectivity index is 1.64. The number of thiophene rings is 2. The third-order valence-electron chi connectivity index (χ3n) is 4.89. The van der Waals surface area contributed by atoms with Crippen LogP contribution in [0.4, 0.5) is 0 Å². The Morgan fingerprint density at radius 1 is 0.643 bits per heavy atom. The molecule has 2 aromatic rings. The molecule has 4 rings (SSSR count). The van der Waals surface area contributed by atoms with Crippen LogP contribution in [-0.2, 0) is 18.9 Å². The molecule has 0 saturated carbocycles. The van der Waals surface area contributed by atoms with Gasteiger partial charge in [-0.3, -0.25) is 0 Å². The maximum atomic E-state index is 6.04. The smallest absolute Gasteiger partial charge is 0.237 e. The summed E-state index contributed by atoms with van der Waals surface area (Å²) in [6, 6.07) is 0. The van der Waals surface area contributed by atoms with Crippen LogP contribution in [0.15, 0.2) is 10.8 Å². The van der Waals surface area contributed by atoms with E-state index in [1.54, 1.807) is 28.4 Å². The van der Waals surface area contributed by atoms with Crippen LogP contribution in [0, 0.1) is 0 Å². The van der Waals surface area contributed by atoms with Gasteiger partial charge in [-0.1, -0.05) is 0 Å². The number of hydrogen-bond acceptors (Lipinski definition) is 10. The van der Waals surface area contributed by atoms with Crippen LogP contribution < -0.4 is 18.9 Å². The molecule has 0 atom stereocenters. The SMILES string of the molecule is COC1(OC)COc2csc(-c3scc4c3OCC(OC)(OC)CO4)c2OC1. The second-order valence-corrected chi connectivity index (χ2v) is 8.07. The maximum absolute atomic E-state index is 6.04. The Morgan fingerprint density at radius 2 is 1.00 bits per heavy atom. The molecule has 8 nitrogen and oxygen atoms in total. The van der Waals surface area contributed by atoms with E-state index in [-0.39, 0.29) is 26.4 Å². The zero-order chi connectivity index (χ0) is 19.8. The molecule has 0 radical (unpaired) electrons. The van der Waals surface area contributed by atoms with Crippen LogP contribution in [-0.4, -0.2) is 66.4 Å². The van der Waals surface area contributed by atoms with E-state index in [0.717, 1.165) is 9.75 Å². The topological polar surface area (TPSA) is 73.8 Å². The van der Waals surface area contributed by atoms with E-state index in [0.29, 0.717) is 23.0 Å². The van der Waals surface area contributed by atoms with E-state index < -0.39 is 11.6 Å². The molecule has 4 heterocycles. The number of methoxy groups -OCH3 is 4.